The number of nitrogens with one attached hydrogen (secondary N) is 1. The number of carbonyl (C=O) groups is 1. The molecule has 0 aromatic heterocycles. The van der Waals surface area contributed by atoms with Gasteiger partial charge in [0.15, 0.2) is 0 Å². The maximum absolute atomic E-state index is 12.4. The average Bonchev–Trinajstić information content (AvgIpc) is 2.62. The number of rotatable bonds is 3. The first-order valence-corrected chi connectivity index (χ1v) is 7.74. The molecule has 0 spiro atoms. The van der Waals surface area contributed by atoms with E-state index in [-0.39, 0.29) is 42.5 Å². The van der Waals surface area contributed by atoms with Crippen LogP contribution in [0.15, 0.2) is 24.3 Å². The van der Waals surface area contributed by atoms with Crippen LogP contribution in [0.2, 0.25) is 0 Å². The summed E-state index contributed by atoms with van der Waals surface area (Å²) in [5, 5.41) is 14.0. The second-order valence-corrected chi connectivity index (χ2v) is 5.67. The van der Waals surface area contributed by atoms with E-state index in [4.69, 9.17) is 4.74 Å². The number of piperazine rings is 1. The molecule has 0 aliphatic carbocycles. The predicted octanol–water partition coefficient (Wildman–Crippen LogP) is 1.08. The lowest BCUT2D eigenvalue weighted by Gasteiger charge is -2.38. The Labute approximate surface area is 158 Å². The van der Waals surface area contributed by atoms with Crippen molar-refractivity contribution in [3.05, 3.63) is 34.4 Å². The Morgan fingerprint density at radius 2 is 1.96 bits per heavy atom. The van der Waals surface area contributed by atoms with Crippen molar-refractivity contribution in [3.8, 4) is 0 Å². The molecule has 2 fully saturated rings. The second-order valence-electron chi connectivity index (χ2n) is 5.67. The van der Waals surface area contributed by atoms with E-state index in [9.17, 15) is 14.9 Å². The number of non-ortho nitro benzene ring substituents is 1. The molecule has 3 rings (SSSR count). The van der Waals surface area contributed by atoms with Crippen LogP contribution in [0, 0.1) is 10.1 Å². The molecule has 25 heavy (non-hydrogen) atoms. The van der Waals surface area contributed by atoms with Gasteiger partial charge in [-0.2, -0.15) is 0 Å². The fraction of sp³-hybridized carbons (Fsp3) is 0.533. The standard InChI is InChI=1S/C15H20N4O4.2ClH/c20-15(14-11-23-9-4-16-14)18-7-5-17(6-8-18)12-2-1-3-13(10-12)19(21)22;;/h1-3,10,14,16H,4-9,11H2;2*1H. The lowest BCUT2D eigenvalue weighted by molar-refractivity contribution is -0.384. The molecule has 10 heteroatoms. The highest BCUT2D eigenvalue weighted by molar-refractivity contribution is 5.85. The van der Waals surface area contributed by atoms with Gasteiger partial charge in [-0.05, 0) is 6.07 Å². The molecule has 1 aromatic carbocycles. The lowest BCUT2D eigenvalue weighted by atomic mass is 10.2. The van der Waals surface area contributed by atoms with E-state index in [0.29, 0.717) is 45.9 Å². The monoisotopic (exact) mass is 392 g/mol. The number of nitro benzene ring substituents is 1. The van der Waals surface area contributed by atoms with Gasteiger partial charge >= 0.3 is 0 Å². The van der Waals surface area contributed by atoms with Gasteiger partial charge in [0, 0.05) is 50.5 Å². The maximum atomic E-state index is 12.4. The van der Waals surface area contributed by atoms with Crippen LogP contribution in [0.1, 0.15) is 0 Å². The molecule has 2 heterocycles. The Morgan fingerprint density at radius 3 is 2.56 bits per heavy atom. The van der Waals surface area contributed by atoms with E-state index in [1.165, 1.54) is 6.07 Å². The topological polar surface area (TPSA) is 88.0 Å². The Kier molecular flexibility index (Phi) is 8.37. The van der Waals surface area contributed by atoms with E-state index >= 15 is 0 Å². The SMILES string of the molecule is Cl.Cl.O=C(C1COCCN1)N1CCN(c2cccc([N+](=O)[O-])c2)CC1. The highest BCUT2D eigenvalue weighted by atomic mass is 35.5. The number of hydrogen-bond donors (Lipinski definition) is 1. The summed E-state index contributed by atoms with van der Waals surface area (Å²) in [6.07, 6.45) is 0. The summed E-state index contributed by atoms with van der Waals surface area (Å²) in [5.74, 6) is 0.0726. The Morgan fingerprint density at radius 1 is 1.24 bits per heavy atom. The molecule has 0 bridgehead atoms. The fourth-order valence-electron chi connectivity index (χ4n) is 2.93. The summed E-state index contributed by atoms with van der Waals surface area (Å²) in [4.78, 5) is 26.8. The Balaban J connectivity index is 0.00000156. The average molecular weight is 393 g/mol. The van der Waals surface area contributed by atoms with Gasteiger partial charge in [0.05, 0.1) is 18.1 Å². The van der Waals surface area contributed by atoms with Crippen LogP contribution < -0.4 is 10.2 Å². The predicted molar refractivity (Wildman–Crippen MR) is 99.0 cm³/mol. The maximum Gasteiger partial charge on any atom is 0.271 e. The van der Waals surface area contributed by atoms with Crippen LogP contribution in [-0.2, 0) is 9.53 Å². The first-order chi connectivity index (χ1) is 11.1. The molecule has 0 radical (unpaired) electrons. The van der Waals surface area contributed by atoms with Crippen molar-refractivity contribution < 1.29 is 14.5 Å². The van der Waals surface area contributed by atoms with Gasteiger partial charge in [0.25, 0.3) is 5.69 Å². The molecule has 2 aliphatic rings. The summed E-state index contributed by atoms with van der Waals surface area (Å²) in [6.45, 7) is 4.32. The number of nitrogens with zero attached hydrogens (tertiary/aromatic N) is 3. The molecular weight excluding hydrogens is 371 g/mol. The van der Waals surface area contributed by atoms with Crippen molar-refractivity contribution in [2.45, 2.75) is 6.04 Å². The highest BCUT2D eigenvalue weighted by Crippen LogP contribution is 2.22. The zero-order valence-electron chi connectivity index (χ0n) is 13.6. The summed E-state index contributed by atoms with van der Waals surface area (Å²) >= 11 is 0. The van der Waals surface area contributed by atoms with Crippen molar-refractivity contribution in [1.29, 1.82) is 0 Å². The van der Waals surface area contributed by atoms with Gasteiger partial charge in [-0.25, -0.2) is 0 Å². The van der Waals surface area contributed by atoms with E-state index in [2.05, 4.69) is 10.2 Å². The number of morpholine rings is 1. The molecule has 1 amide bonds. The van der Waals surface area contributed by atoms with Crippen molar-refractivity contribution in [3.63, 3.8) is 0 Å². The second kappa shape index (κ2) is 9.76. The Hall–Kier alpha value is -1.61. The summed E-state index contributed by atoms with van der Waals surface area (Å²) in [6, 6.07) is 6.36. The van der Waals surface area contributed by atoms with Crippen molar-refractivity contribution >= 4 is 42.1 Å². The van der Waals surface area contributed by atoms with Crippen molar-refractivity contribution in [2.75, 3.05) is 50.8 Å². The first-order valence-electron chi connectivity index (χ1n) is 7.74. The number of halogens is 2. The van der Waals surface area contributed by atoms with Gasteiger partial charge < -0.3 is 19.9 Å². The molecule has 1 N–H and O–H groups in total. The van der Waals surface area contributed by atoms with Crippen LogP contribution in [-0.4, -0.2) is 67.7 Å². The third-order valence-electron chi connectivity index (χ3n) is 4.22. The largest absolute Gasteiger partial charge is 0.378 e. The van der Waals surface area contributed by atoms with E-state index in [0.717, 1.165) is 5.69 Å². The van der Waals surface area contributed by atoms with E-state index in [1.807, 2.05) is 11.0 Å². The van der Waals surface area contributed by atoms with Crippen molar-refractivity contribution in [2.24, 2.45) is 0 Å². The zero-order valence-corrected chi connectivity index (χ0v) is 15.3. The van der Waals surface area contributed by atoms with Gasteiger partial charge in [0.1, 0.15) is 6.04 Å². The molecule has 2 aliphatic heterocycles. The number of carbonyl (C=O) groups excluding carboxylic acids is 1. The molecule has 1 unspecified atom stereocenters. The molecule has 2 saturated heterocycles. The van der Waals surface area contributed by atoms with Crippen LogP contribution in [0.25, 0.3) is 0 Å². The molecule has 8 nitrogen and oxygen atoms in total. The molecule has 1 aromatic rings. The third kappa shape index (κ3) is 5.18. The minimum atomic E-state index is -0.391. The van der Waals surface area contributed by atoms with Gasteiger partial charge in [0.2, 0.25) is 5.91 Å². The van der Waals surface area contributed by atoms with E-state index < -0.39 is 4.92 Å². The quantitative estimate of drug-likeness (QED) is 0.611. The smallest absolute Gasteiger partial charge is 0.271 e. The molecule has 0 saturated carbocycles. The summed E-state index contributed by atoms with van der Waals surface area (Å²) < 4.78 is 5.34. The Bertz CT molecular complexity index is 591. The molecular formula is C15H22Cl2N4O4. The fourth-order valence-corrected chi connectivity index (χ4v) is 2.93. The number of hydrogen-bond acceptors (Lipinski definition) is 6. The molecule has 140 valence electrons. The number of ether oxygens (including phenoxy) is 1. The van der Waals surface area contributed by atoms with Crippen LogP contribution in [0.5, 0.6) is 0 Å². The summed E-state index contributed by atoms with van der Waals surface area (Å²) in [7, 11) is 0. The molecule has 1 atom stereocenters. The van der Waals surface area contributed by atoms with Gasteiger partial charge in [-0.1, -0.05) is 6.07 Å². The van der Waals surface area contributed by atoms with Gasteiger partial charge in [-0.15, -0.1) is 24.8 Å². The zero-order chi connectivity index (χ0) is 16.2. The van der Waals surface area contributed by atoms with Crippen LogP contribution >= 0.6 is 24.8 Å². The lowest BCUT2D eigenvalue weighted by Crippen LogP contribution is -2.57. The number of amides is 1. The number of anilines is 1. The third-order valence-corrected chi connectivity index (χ3v) is 4.22. The van der Waals surface area contributed by atoms with Crippen molar-refractivity contribution in [1.82, 2.24) is 10.2 Å². The number of nitro groups is 1. The van der Waals surface area contributed by atoms with Crippen LogP contribution in [0.3, 0.4) is 0 Å². The normalized spacial score (nSPS) is 20.2. The first kappa shape index (κ1) is 21.4. The van der Waals surface area contributed by atoms with Gasteiger partial charge in [-0.3, -0.25) is 14.9 Å². The number of benzene rings is 1. The van der Waals surface area contributed by atoms with Crippen LogP contribution in [0.4, 0.5) is 11.4 Å². The minimum Gasteiger partial charge on any atom is -0.378 e. The minimum absolute atomic E-state index is 0. The van der Waals surface area contributed by atoms with E-state index in [1.54, 1.807) is 12.1 Å². The summed E-state index contributed by atoms with van der Waals surface area (Å²) in [5.41, 5.74) is 0.912. The highest BCUT2D eigenvalue weighted by Gasteiger charge is 2.29.